The lowest BCUT2D eigenvalue weighted by molar-refractivity contribution is -0.0240. The number of aryl methyl sites for hydroxylation is 4. The zero-order valence-electron chi connectivity index (χ0n) is 27.3. The van der Waals surface area contributed by atoms with Crippen molar-refractivity contribution in [3.63, 3.8) is 0 Å². The van der Waals surface area contributed by atoms with E-state index in [2.05, 4.69) is 65.8 Å². The van der Waals surface area contributed by atoms with Crippen molar-refractivity contribution in [2.75, 3.05) is 26.9 Å². The number of benzene rings is 3. The molecule has 0 radical (unpaired) electrons. The molecular formula is C37H47N3O4. The molecule has 4 aromatic rings. The number of aromatic hydroxyl groups is 1. The Morgan fingerprint density at radius 1 is 0.705 bits per heavy atom. The van der Waals surface area contributed by atoms with Gasteiger partial charge in [-0.3, -0.25) is 0 Å². The first kappa shape index (κ1) is 33.1. The van der Waals surface area contributed by atoms with E-state index < -0.39 is 0 Å². The molecule has 44 heavy (non-hydrogen) atoms. The second-order valence-corrected chi connectivity index (χ2v) is 11.7. The Morgan fingerprint density at radius 3 is 1.77 bits per heavy atom. The summed E-state index contributed by atoms with van der Waals surface area (Å²) in [5.41, 5.74) is 6.84. The lowest BCUT2D eigenvalue weighted by atomic mass is 10.0. The minimum absolute atomic E-state index is 0.0267. The summed E-state index contributed by atoms with van der Waals surface area (Å²) in [7, 11) is 1.66. The van der Waals surface area contributed by atoms with Crippen molar-refractivity contribution < 1.29 is 19.3 Å². The minimum atomic E-state index is -0.218. The highest BCUT2D eigenvalue weighted by atomic mass is 16.6. The number of hydrogen-bond donors (Lipinski definition) is 1. The molecule has 0 fully saturated rings. The number of nitrogens with zero attached hydrogens (tertiary/aromatic N) is 3. The van der Waals surface area contributed by atoms with Crippen LogP contribution in [-0.4, -0.2) is 53.1 Å². The first-order chi connectivity index (χ1) is 21.2. The van der Waals surface area contributed by atoms with Crippen LogP contribution in [0.25, 0.3) is 34.2 Å². The number of methoxy groups -OCH3 is 1. The number of phenolic OH excluding ortho intramolecular Hbond substituents is 1. The van der Waals surface area contributed by atoms with Crippen molar-refractivity contribution in [1.29, 1.82) is 0 Å². The van der Waals surface area contributed by atoms with Crippen molar-refractivity contribution in [3.8, 4) is 45.7 Å². The van der Waals surface area contributed by atoms with Gasteiger partial charge in [-0.25, -0.2) is 15.0 Å². The van der Waals surface area contributed by atoms with Gasteiger partial charge in [0.25, 0.3) is 0 Å². The lowest BCUT2D eigenvalue weighted by Crippen LogP contribution is -2.27. The molecule has 0 aliphatic rings. The molecule has 0 bridgehead atoms. The molecule has 1 N–H and O–H groups in total. The fourth-order valence-electron chi connectivity index (χ4n) is 5.29. The molecule has 1 aromatic heterocycles. The molecule has 2 unspecified atom stereocenters. The molecule has 4 rings (SSSR count). The van der Waals surface area contributed by atoms with Crippen LogP contribution in [0.15, 0.2) is 54.6 Å². The summed E-state index contributed by atoms with van der Waals surface area (Å²) in [6.07, 6.45) is 4.50. The maximum atomic E-state index is 11.1. The van der Waals surface area contributed by atoms with Gasteiger partial charge in [-0.05, 0) is 63.3 Å². The Balaban J connectivity index is 1.56. The molecule has 3 aromatic carbocycles. The Morgan fingerprint density at radius 2 is 1.27 bits per heavy atom. The summed E-state index contributed by atoms with van der Waals surface area (Å²) in [5.74, 6) is 2.64. The zero-order valence-corrected chi connectivity index (χ0v) is 27.3. The average molecular weight is 598 g/mol. The van der Waals surface area contributed by atoms with Crippen LogP contribution in [0.4, 0.5) is 0 Å². The van der Waals surface area contributed by atoms with Gasteiger partial charge >= 0.3 is 0 Å². The second kappa shape index (κ2) is 15.8. The summed E-state index contributed by atoms with van der Waals surface area (Å²) >= 11 is 0. The van der Waals surface area contributed by atoms with Gasteiger partial charge in [-0.15, -0.1) is 0 Å². The maximum absolute atomic E-state index is 11.1. The molecule has 2 atom stereocenters. The van der Waals surface area contributed by atoms with E-state index in [9.17, 15) is 5.11 Å². The van der Waals surface area contributed by atoms with E-state index in [0.717, 1.165) is 35.3 Å². The van der Waals surface area contributed by atoms with Gasteiger partial charge in [0, 0.05) is 30.9 Å². The molecule has 1 heterocycles. The number of aromatic nitrogens is 3. The molecule has 0 saturated carbocycles. The first-order valence-electron chi connectivity index (χ1n) is 15.7. The smallest absolute Gasteiger partial charge is 0.167 e. The van der Waals surface area contributed by atoms with E-state index in [4.69, 9.17) is 29.2 Å². The molecule has 0 spiro atoms. The van der Waals surface area contributed by atoms with Crippen molar-refractivity contribution >= 4 is 0 Å². The number of hydrogen-bond acceptors (Lipinski definition) is 7. The predicted molar refractivity (Wildman–Crippen MR) is 177 cm³/mol. The SMILES string of the molecule is CCCCC(CC)COCC(COc1ccc(-c2nc(-c3ccc(C)cc3C)nc(-c3ccc(C)cc3C)n2)c(O)c1)OC. The Hall–Kier alpha value is -3.81. The fourth-order valence-corrected chi connectivity index (χ4v) is 5.29. The Labute approximate surface area is 262 Å². The molecule has 0 aliphatic heterocycles. The summed E-state index contributed by atoms with van der Waals surface area (Å²) in [6, 6.07) is 17.6. The van der Waals surface area contributed by atoms with E-state index in [1.54, 1.807) is 19.2 Å². The van der Waals surface area contributed by atoms with E-state index in [1.165, 1.54) is 30.4 Å². The van der Waals surface area contributed by atoms with E-state index in [1.807, 2.05) is 18.2 Å². The monoisotopic (exact) mass is 597 g/mol. The number of unbranched alkanes of at least 4 members (excludes halogenated alkanes) is 1. The zero-order chi connectivity index (χ0) is 31.6. The fraction of sp³-hybridized carbons (Fsp3) is 0.432. The van der Waals surface area contributed by atoms with Crippen molar-refractivity contribution in [2.24, 2.45) is 5.92 Å². The molecule has 7 heteroatoms. The van der Waals surface area contributed by atoms with E-state index in [0.29, 0.717) is 47.9 Å². The van der Waals surface area contributed by atoms with Gasteiger partial charge in [0.05, 0.1) is 12.2 Å². The third kappa shape index (κ3) is 8.64. The van der Waals surface area contributed by atoms with Crippen LogP contribution in [0.1, 0.15) is 61.8 Å². The summed E-state index contributed by atoms with van der Waals surface area (Å²) in [5, 5.41) is 11.1. The van der Waals surface area contributed by atoms with Crippen LogP contribution in [0, 0.1) is 33.6 Å². The second-order valence-electron chi connectivity index (χ2n) is 11.7. The highest BCUT2D eigenvalue weighted by molar-refractivity contribution is 5.72. The van der Waals surface area contributed by atoms with Gasteiger partial charge < -0.3 is 19.3 Å². The van der Waals surface area contributed by atoms with Crippen LogP contribution in [0.3, 0.4) is 0 Å². The molecule has 7 nitrogen and oxygen atoms in total. The van der Waals surface area contributed by atoms with Crippen molar-refractivity contribution in [3.05, 3.63) is 76.9 Å². The topological polar surface area (TPSA) is 86.6 Å². The normalized spacial score (nSPS) is 12.7. The molecule has 234 valence electrons. The van der Waals surface area contributed by atoms with Crippen LogP contribution in [0.5, 0.6) is 11.5 Å². The third-order valence-electron chi connectivity index (χ3n) is 8.06. The highest BCUT2D eigenvalue weighted by Gasteiger charge is 2.18. The van der Waals surface area contributed by atoms with E-state index in [-0.39, 0.29) is 11.9 Å². The van der Waals surface area contributed by atoms with Crippen molar-refractivity contribution in [1.82, 2.24) is 15.0 Å². The number of phenols is 1. The summed E-state index contributed by atoms with van der Waals surface area (Å²) in [4.78, 5) is 14.5. The molecule has 0 saturated heterocycles. The maximum Gasteiger partial charge on any atom is 0.167 e. The predicted octanol–water partition coefficient (Wildman–Crippen LogP) is 8.44. The standard InChI is InChI=1S/C37H47N3O4/c1-8-10-11-28(9-2)21-43-22-30(42-7)23-44-29-14-17-33(34(41)20-29)37-39-35(31-15-12-24(3)18-26(31)5)38-36(40-37)32-16-13-25(4)19-27(32)6/h12-20,28,30,41H,8-11,21-23H2,1-7H3. The quantitative estimate of drug-likeness (QED) is 0.147. The Bertz CT molecular complexity index is 1470. The van der Waals surface area contributed by atoms with E-state index >= 15 is 0 Å². The van der Waals surface area contributed by atoms with Gasteiger partial charge in [0.2, 0.25) is 0 Å². The van der Waals surface area contributed by atoms with Crippen LogP contribution in [0.2, 0.25) is 0 Å². The lowest BCUT2D eigenvalue weighted by Gasteiger charge is -2.19. The average Bonchev–Trinajstić information content (AvgIpc) is 3.00. The molecule has 0 aliphatic carbocycles. The minimum Gasteiger partial charge on any atom is -0.507 e. The number of ether oxygens (including phenoxy) is 3. The van der Waals surface area contributed by atoms with Gasteiger partial charge in [0.1, 0.15) is 24.2 Å². The highest BCUT2D eigenvalue weighted by Crippen LogP contribution is 2.34. The van der Waals surface area contributed by atoms with Crippen LogP contribution >= 0.6 is 0 Å². The summed E-state index contributed by atoms with van der Waals surface area (Å²) < 4.78 is 17.6. The van der Waals surface area contributed by atoms with Crippen LogP contribution < -0.4 is 4.74 Å². The third-order valence-corrected chi connectivity index (χ3v) is 8.06. The first-order valence-corrected chi connectivity index (χ1v) is 15.7. The largest absolute Gasteiger partial charge is 0.507 e. The molecule has 0 amide bonds. The Kier molecular flexibility index (Phi) is 11.9. The van der Waals surface area contributed by atoms with Gasteiger partial charge in [0.15, 0.2) is 17.5 Å². The summed E-state index contributed by atoms with van der Waals surface area (Å²) in [6.45, 7) is 14.2. The van der Waals surface area contributed by atoms with Gasteiger partial charge in [-0.1, -0.05) is 80.6 Å². The van der Waals surface area contributed by atoms with Gasteiger partial charge in [-0.2, -0.15) is 0 Å². The van der Waals surface area contributed by atoms with Crippen LogP contribution in [-0.2, 0) is 9.47 Å². The van der Waals surface area contributed by atoms with Crippen molar-refractivity contribution in [2.45, 2.75) is 73.3 Å². The number of rotatable bonds is 15. The molecular weight excluding hydrogens is 550 g/mol.